The van der Waals surface area contributed by atoms with Crippen LogP contribution >= 0.6 is 11.6 Å². The van der Waals surface area contributed by atoms with Crippen molar-refractivity contribution < 1.29 is 4.74 Å². The Hall–Kier alpha value is -2.26. The van der Waals surface area contributed by atoms with E-state index < -0.39 is 0 Å². The molecule has 0 aliphatic rings. The van der Waals surface area contributed by atoms with Crippen LogP contribution < -0.4 is 10.1 Å². The van der Waals surface area contributed by atoms with Crippen molar-refractivity contribution in [1.82, 2.24) is 4.98 Å². The van der Waals surface area contributed by atoms with Crippen LogP contribution in [0.25, 0.3) is 10.9 Å². The number of ether oxygens (including phenoxy) is 1. The number of hydrogen-bond donors (Lipinski definition) is 1. The summed E-state index contributed by atoms with van der Waals surface area (Å²) < 4.78 is 5.93. The number of pyridine rings is 1. The molecular formula is C17H15ClN2O. The van der Waals surface area contributed by atoms with E-state index in [4.69, 9.17) is 16.3 Å². The van der Waals surface area contributed by atoms with E-state index in [-0.39, 0.29) is 0 Å². The van der Waals surface area contributed by atoms with Crippen LogP contribution in [0.4, 0.5) is 5.82 Å². The summed E-state index contributed by atoms with van der Waals surface area (Å²) in [5.41, 5.74) is 0.754. The third-order valence-electron chi connectivity index (χ3n) is 3.10. The molecule has 0 fully saturated rings. The number of halogens is 1. The third-order valence-corrected chi connectivity index (χ3v) is 3.43. The van der Waals surface area contributed by atoms with Crippen molar-refractivity contribution in [3.05, 3.63) is 59.6 Å². The van der Waals surface area contributed by atoms with Gasteiger partial charge in [-0.3, -0.25) is 0 Å². The standard InChI is InChI=1S/C17H15ClN2O/c1-2-19-16-11-8-13-14(18)9-10-15(17(13)20-16)21-12-6-4-3-5-7-12/h3-11H,2H2,1H3,(H,19,20). The molecule has 1 heterocycles. The van der Waals surface area contributed by atoms with E-state index in [0.29, 0.717) is 10.8 Å². The maximum absolute atomic E-state index is 6.25. The zero-order chi connectivity index (χ0) is 14.7. The van der Waals surface area contributed by atoms with Crippen molar-refractivity contribution >= 4 is 28.3 Å². The number of benzene rings is 2. The fourth-order valence-electron chi connectivity index (χ4n) is 2.13. The molecule has 0 saturated heterocycles. The van der Waals surface area contributed by atoms with Crippen LogP contribution in [0.3, 0.4) is 0 Å². The van der Waals surface area contributed by atoms with Gasteiger partial charge in [-0.2, -0.15) is 0 Å². The van der Waals surface area contributed by atoms with Crippen molar-refractivity contribution in [1.29, 1.82) is 0 Å². The second-order valence-corrected chi connectivity index (χ2v) is 4.99. The van der Waals surface area contributed by atoms with Gasteiger partial charge in [0.05, 0.1) is 5.02 Å². The molecule has 2 aromatic carbocycles. The normalized spacial score (nSPS) is 10.6. The minimum absolute atomic E-state index is 0.668. The summed E-state index contributed by atoms with van der Waals surface area (Å²) in [6, 6.07) is 17.2. The Kier molecular flexibility index (Phi) is 3.93. The molecule has 106 valence electrons. The van der Waals surface area contributed by atoms with Crippen molar-refractivity contribution in [2.75, 3.05) is 11.9 Å². The predicted octanol–water partition coefficient (Wildman–Crippen LogP) is 5.11. The molecular weight excluding hydrogens is 284 g/mol. The summed E-state index contributed by atoms with van der Waals surface area (Å²) in [5, 5.41) is 4.75. The number of anilines is 1. The number of nitrogens with one attached hydrogen (secondary N) is 1. The molecule has 0 atom stereocenters. The Labute approximate surface area is 128 Å². The molecule has 3 rings (SSSR count). The molecule has 0 spiro atoms. The lowest BCUT2D eigenvalue weighted by molar-refractivity contribution is 0.487. The third kappa shape index (κ3) is 2.93. The number of nitrogens with zero attached hydrogens (tertiary/aromatic N) is 1. The van der Waals surface area contributed by atoms with Crippen LogP contribution in [0.1, 0.15) is 6.92 Å². The number of rotatable bonds is 4. The minimum Gasteiger partial charge on any atom is -0.455 e. The Morgan fingerprint density at radius 1 is 1.05 bits per heavy atom. The highest BCUT2D eigenvalue weighted by Gasteiger charge is 2.09. The monoisotopic (exact) mass is 298 g/mol. The first kappa shape index (κ1) is 13.7. The van der Waals surface area contributed by atoms with E-state index in [2.05, 4.69) is 10.3 Å². The minimum atomic E-state index is 0.668. The molecule has 0 aliphatic carbocycles. The van der Waals surface area contributed by atoms with Crippen LogP contribution in [0, 0.1) is 0 Å². The predicted molar refractivity (Wildman–Crippen MR) is 87.4 cm³/mol. The lowest BCUT2D eigenvalue weighted by Crippen LogP contribution is -1.99. The van der Waals surface area contributed by atoms with Gasteiger partial charge in [0.2, 0.25) is 0 Å². The quantitative estimate of drug-likeness (QED) is 0.726. The van der Waals surface area contributed by atoms with Crippen LogP contribution in [-0.4, -0.2) is 11.5 Å². The summed E-state index contributed by atoms with van der Waals surface area (Å²) in [7, 11) is 0. The van der Waals surface area contributed by atoms with Crippen molar-refractivity contribution in [2.24, 2.45) is 0 Å². The fourth-order valence-corrected chi connectivity index (χ4v) is 2.35. The fraction of sp³-hybridized carbons (Fsp3) is 0.118. The van der Waals surface area contributed by atoms with Gasteiger partial charge in [0.1, 0.15) is 17.1 Å². The highest BCUT2D eigenvalue weighted by Crippen LogP contribution is 2.33. The van der Waals surface area contributed by atoms with Crippen molar-refractivity contribution in [3.8, 4) is 11.5 Å². The Morgan fingerprint density at radius 3 is 2.62 bits per heavy atom. The Morgan fingerprint density at radius 2 is 1.86 bits per heavy atom. The maximum atomic E-state index is 6.25. The van der Waals surface area contributed by atoms with E-state index in [9.17, 15) is 0 Å². The van der Waals surface area contributed by atoms with Gasteiger partial charge < -0.3 is 10.1 Å². The number of aromatic nitrogens is 1. The Bertz CT molecular complexity index is 759. The van der Waals surface area contributed by atoms with Crippen LogP contribution in [0.5, 0.6) is 11.5 Å². The van der Waals surface area contributed by atoms with Gasteiger partial charge in [0.25, 0.3) is 0 Å². The molecule has 0 radical (unpaired) electrons. The summed E-state index contributed by atoms with van der Waals surface area (Å²) in [6.07, 6.45) is 0. The molecule has 0 amide bonds. The summed E-state index contributed by atoms with van der Waals surface area (Å²) in [5.74, 6) is 2.28. The molecule has 0 aliphatic heterocycles. The highest BCUT2D eigenvalue weighted by atomic mass is 35.5. The molecule has 3 nitrogen and oxygen atoms in total. The average Bonchev–Trinajstić information content (AvgIpc) is 2.52. The second-order valence-electron chi connectivity index (χ2n) is 4.58. The van der Waals surface area contributed by atoms with Crippen LogP contribution in [-0.2, 0) is 0 Å². The van der Waals surface area contributed by atoms with Gasteiger partial charge in [-0.05, 0) is 43.3 Å². The molecule has 0 saturated carbocycles. The van der Waals surface area contributed by atoms with E-state index >= 15 is 0 Å². The second kappa shape index (κ2) is 6.02. The topological polar surface area (TPSA) is 34.1 Å². The largest absolute Gasteiger partial charge is 0.455 e. The molecule has 3 aromatic rings. The van der Waals surface area contributed by atoms with Crippen molar-refractivity contribution in [2.45, 2.75) is 6.92 Å². The zero-order valence-electron chi connectivity index (χ0n) is 11.6. The number of fused-ring (bicyclic) bond motifs is 1. The molecule has 21 heavy (non-hydrogen) atoms. The average molecular weight is 299 g/mol. The van der Waals surface area contributed by atoms with E-state index in [0.717, 1.165) is 29.0 Å². The lowest BCUT2D eigenvalue weighted by Gasteiger charge is -2.11. The number of para-hydroxylation sites is 1. The van der Waals surface area contributed by atoms with Gasteiger partial charge in [-0.25, -0.2) is 4.98 Å². The van der Waals surface area contributed by atoms with Gasteiger partial charge in [0.15, 0.2) is 5.75 Å². The zero-order valence-corrected chi connectivity index (χ0v) is 12.4. The summed E-state index contributed by atoms with van der Waals surface area (Å²) in [4.78, 5) is 4.60. The van der Waals surface area contributed by atoms with Crippen LogP contribution in [0.2, 0.25) is 5.02 Å². The molecule has 0 bridgehead atoms. The van der Waals surface area contributed by atoms with E-state index in [1.165, 1.54) is 0 Å². The SMILES string of the molecule is CCNc1ccc2c(Cl)ccc(Oc3ccccc3)c2n1. The number of hydrogen-bond acceptors (Lipinski definition) is 3. The van der Waals surface area contributed by atoms with Gasteiger partial charge in [-0.1, -0.05) is 29.8 Å². The Balaban J connectivity index is 2.08. The van der Waals surface area contributed by atoms with Gasteiger partial charge in [0, 0.05) is 11.9 Å². The molecule has 4 heteroatoms. The summed E-state index contributed by atoms with van der Waals surface area (Å²) >= 11 is 6.25. The summed E-state index contributed by atoms with van der Waals surface area (Å²) in [6.45, 7) is 2.85. The molecule has 1 aromatic heterocycles. The van der Waals surface area contributed by atoms with Crippen molar-refractivity contribution in [3.63, 3.8) is 0 Å². The van der Waals surface area contributed by atoms with E-state index in [1.54, 1.807) is 0 Å². The van der Waals surface area contributed by atoms with E-state index in [1.807, 2.05) is 61.5 Å². The van der Waals surface area contributed by atoms with Gasteiger partial charge in [-0.15, -0.1) is 0 Å². The smallest absolute Gasteiger partial charge is 0.153 e. The molecule has 0 unspecified atom stereocenters. The first-order valence-corrected chi connectivity index (χ1v) is 7.22. The van der Waals surface area contributed by atoms with Gasteiger partial charge >= 0.3 is 0 Å². The molecule has 1 N–H and O–H groups in total. The highest BCUT2D eigenvalue weighted by molar-refractivity contribution is 6.35. The first-order valence-electron chi connectivity index (χ1n) is 6.84. The van der Waals surface area contributed by atoms with Crippen LogP contribution in [0.15, 0.2) is 54.6 Å². The maximum Gasteiger partial charge on any atom is 0.153 e. The lowest BCUT2D eigenvalue weighted by atomic mass is 10.2. The first-order chi connectivity index (χ1) is 10.3.